The lowest BCUT2D eigenvalue weighted by molar-refractivity contribution is -0.146. The zero-order chi connectivity index (χ0) is 13.7. The van der Waals surface area contributed by atoms with Crippen LogP contribution in [0.5, 0.6) is 0 Å². The van der Waals surface area contributed by atoms with Gasteiger partial charge in [0.15, 0.2) is 0 Å². The summed E-state index contributed by atoms with van der Waals surface area (Å²) in [5.41, 5.74) is 0. The number of carbonyl (C=O) groups is 3. The van der Waals surface area contributed by atoms with Gasteiger partial charge >= 0.3 is 5.97 Å². The highest BCUT2D eigenvalue weighted by molar-refractivity contribution is 5.89. The molecule has 1 N–H and O–H groups in total. The second-order valence-electron chi connectivity index (χ2n) is 4.73. The molecule has 1 fully saturated rings. The van der Waals surface area contributed by atoms with Crippen LogP contribution >= 0.6 is 0 Å². The molecule has 1 rings (SSSR count). The quantitative estimate of drug-likeness (QED) is 0.698. The second-order valence-corrected chi connectivity index (χ2v) is 4.73. The summed E-state index contributed by atoms with van der Waals surface area (Å²) in [6, 6.07) is -0.666. The molecule has 0 aliphatic carbocycles. The number of amides is 2. The minimum atomic E-state index is -0.666. The number of carbonyl (C=O) groups excluding carboxylic acids is 3. The standard InChI is InChI=1S/C12H20N2O4/c1-8(2)11(12(17)18-3)13-9(15)7-14-6-4-5-10(14)16/h8,11H,4-7H2,1-3H3,(H,13,15). The molecular formula is C12H20N2O4. The van der Waals surface area contributed by atoms with Crippen LogP contribution in [0.4, 0.5) is 0 Å². The van der Waals surface area contributed by atoms with E-state index in [4.69, 9.17) is 0 Å². The Morgan fingerprint density at radius 2 is 2.11 bits per heavy atom. The van der Waals surface area contributed by atoms with Crippen molar-refractivity contribution < 1.29 is 19.1 Å². The Morgan fingerprint density at radius 1 is 1.44 bits per heavy atom. The van der Waals surface area contributed by atoms with Crippen LogP contribution in [0.3, 0.4) is 0 Å². The topological polar surface area (TPSA) is 75.7 Å². The van der Waals surface area contributed by atoms with E-state index in [1.807, 2.05) is 13.8 Å². The molecule has 1 aliphatic rings. The van der Waals surface area contributed by atoms with Gasteiger partial charge in [-0.15, -0.1) is 0 Å². The van der Waals surface area contributed by atoms with Crippen molar-refractivity contribution >= 4 is 17.8 Å². The molecule has 1 atom stereocenters. The summed E-state index contributed by atoms with van der Waals surface area (Å²) in [5, 5.41) is 2.61. The molecule has 1 heterocycles. The SMILES string of the molecule is COC(=O)C(NC(=O)CN1CCCC1=O)C(C)C. The molecule has 0 radical (unpaired) electrons. The van der Waals surface area contributed by atoms with Crippen LogP contribution < -0.4 is 5.32 Å². The fraction of sp³-hybridized carbons (Fsp3) is 0.750. The highest BCUT2D eigenvalue weighted by Crippen LogP contribution is 2.09. The monoisotopic (exact) mass is 256 g/mol. The van der Waals surface area contributed by atoms with Crippen LogP contribution in [-0.4, -0.2) is 48.9 Å². The van der Waals surface area contributed by atoms with E-state index in [0.717, 1.165) is 6.42 Å². The lowest BCUT2D eigenvalue weighted by Gasteiger charge is -2.21. The Labute approximate surface area is 107 Å². The summed E-state index contributed by atoms with van der Waals surface area (Å²) in [4.78, 5) is 36.1. The molecule has 18 heavy (non-hydrogen) atoms. The van der Waals surface area contributed by atoms with Gasteiger partial charge < -0.3 is 15.0 Å². The molecule has 0 spiro atoms. The molecule has 102 valence electrons. The average molecular weight is 256 g/mol. The van der Waals surface area contributed by atoms with Gasteiger partial charge in [0, 0.05) is 13.0 Å². The van der Waals surface area contributed by atoms with E-state index >= 15 is 0 Å². The Balaban J connectivity index is 2.51. The molecule has 0 aromatic heterocycles. The number of ether oxygens (including phenoxy) is 1. The molecule has 2 amide bonds. The molecule has 6 nitrogen and oxygen atoms in total. The smallest absolute Gasteiger partial charge is 0.328 e. The number of nitrogens with one attached hydrogen (secondary N) is 1. The number of esters is 1. The Morgan fingerprint density at radius 3 is 2.56 bits per heavy atom. The molecule has 0 aromatic carbocycles. The maximum absolute atomic E-state index is 11.8. The van der Waals surface area contributed by atoms with Crippen molar-refractivity contribution in [2.45, 2.75) is 32.7 Å². The lowest BCUT2D eigenvalue weighted by atomic mass is 10.0. The zero-order valence-corrected chi connectivity index (χ0v) is 11.1. The van der Waals surface area contributed by atoms with E-state index in [0.29, 0.717) is 13.0 Å². The van der Waals surface area contributed by atoms with Crippen LogP contribution in [-0.2, 0) is 19.1 Å². The highest BCUT2D eigenvalue weighted by atomic mass is 16.5. The van der Waals surface area contributed by atoms with Crippen molar-refractivity contribution in [1.82, 2.24) is 10.2 Å². The minimum absolute atomic E-state index is 0.00989. The van der Waals surface area contributed by atoms with Crippen molar-refractivity contribution in [3.63, 3.8) is 0 Å². The molecule has 6 heteroatoms. The number of methoxy groups -OCH3 is 1. The number of nitrogens with zero attached hydrogens (tertiary/aromatic N) is 1. The normalized spacial score (nSPS) is 16.9. The van der Waals surface area contributed by atoms with Gasteiger partial charge in [-0.05, 0) is 12.3 Å². The molecule has 0 saturated carbocycles. The third kappa shape index (κ3) is 3.72. The van der Waals surface area contributed by atoms with Crippen LogP contribution in [0, 0.1) is 5.92 Å². The molecule has 1 unspecified atom stereocenters. The number of likely N-dealkylation sites (tertiary alicyclic amines) is 1. The summed E-state index contributed by atoms with van der Waals surface area (Å²) in [5.74, 6) is -0.861. The van der Waals surface area contributed by atoms with Gasteiger partial charge in [-0.2, -0.15) is 0 Å². The molecule has 0 bridgehead atoms. The summed E-state index contributed by atoms with van der Waals surface area (Å²) >= 11 is 0. The Kier molecular flexibility index (Phi) is 5.12. The Bertz CT molecular complexity index is 341. The van der Waals surface area contributed by atoms with Crippen molar-refractivity contribution in [3.8, 4) is 0 Å². The molecule has 1 saturated heterocycles. The first-order valence-electron chi connectivity index (χ1n) is 6.10. The van der Waals surface area contributed by atoms with Crippen LogP contribution in [0.1, 0.15) is 26.7 Å². The van der Waals surface area contributed by atoms with Crippen LogP contribution in [0.25, 0.3) is 0 Å². The number of rotatable bonds is 5. The number of hydrogen-bond acceptors (Lipinski definition) is 4. The average Bonchev–Trinajstić information content (AvgIpc) is 2.70. The van der Waals surface area contributed by atoms with E-state index in [-0.39, 0.29) is 24.3 Å². The predicted molar refractivity (Wildman–Crippen MR) is 64.6 cm³/mol. The number of hydrogen-bond donors (Lipinski definition) is 1. The van der Waals surface area contributed by atoms with Crippen molar-refractivity contribution in [2.24, 2.45) is 5.92 Å². The molecular weight excluding hydrogens is 236 g/mol. The third-order valence-electron chi connectivity index (χ3n) is 2.94. The fourth-order valence-corrected chi connectivity index (χ4v) is 1.89. The first-order chi connectivity index (χ1) is 8.45. The van der Waals surface area contributed by atoms with Gasteiger partial charge in [-0.25, -0.2) is 4.79 Å². The van der Waals surface area contributed by atoms with Gasteiger partial charge in [0.1, 0.15) is 6.04 Å². The first-order valence-corrected chi connectivity index (χ1v) is 6.10. The van der Waals surface area contributed by atoms with Crippen molar-refractivity contribution in [3.05, 3.63) is 0 Å². The van der Waals surface area contributed by atoms with Crippen LogP contribution in [0.2, 0.25) is 0 Å². The predicted octanol–water partition coefficient (Wildman–Crippen LogP) is -0.0774. The summed E-state index contributed by atoms with van der Waals surface area (Å²) in [6.45, 7) is 4.27. The van der Waals surface area contributed by atoms with E-state index in [1.165, 1.54) is 12.0 Å². The molecule has 1 aliphatic heterocycles. The van der Waals surface area contributed by atoms with E-state index in [1.54, 1.807) is 0 Å². The van der Waals surface area contributed by atoms with Crippen molar-refractivity contribution in [1.29, 1.82) is 0 Å². The van der Waals surface area contributed by atoms with Gasteiger partial charge in [0.05, 0.1) is 13.7 Å². The largest absolute Gasteiger partial charge is 0.467 e. The molecule has 0 aromatic rings. The van der Waals surface area contributed by atoms with Crippen molar-refractivity contribution in [2.75, 3.05) is 20.2 Å². The zero-order valence-electron chi connectivity index (χ0n) is 11.1. The summed E-state index contributed by atoms with van der Waals surface area (Å²) < 4.78 is 4.63. The van der Waals surface area contributed by atoms with E-state index in [2.05, 4.69) is 10.1 Å². The fourth-order valence-electron chi connectivity index (χ4n) is 1.89. The second kappa shape index (κ2) is 6.37. The van der Waals surface area contributed by atoms with Gasteiger partial charge in [-0.1, -0.05) is 13.8 Å². The first kappa shape index (κ1) is 14.5. The van der Waals surface area contributed by atoms with Gasteiger partial charge in [0.2, 0.25) is 11.8 Å². The van der Waals surface area contributed by atoms with Gasteiger partial charge in [-0.3, -0.25) is 9.59 Å². The third-order valence-corrected chi connectivity index (χ3v) is 2.94. The maximum atomic E-state index is 11.8. The van der Waals surface area contributed by atoms with Crippen LogP contribution in [0.15, 0.2) is 0 Å². The summed E-state index contributed by atoms with van der Waals surface area (Å²) in [6.07, 6.45) is 1.29. The maximum Gasteiger partial charge on any atom is 0.328 e. The van der Waals surface area contributed by atoms with E-state index < -0.39 is 12.0 Å². The van der Waals surface area contributed by atoms with Gasteiger partial charge in [0.25, 0.3) is 0 Å². The lowest BCUT2D eigenvalue weighted by Crippen LogP contribution is -2.48. The Hall–Kier alpha value is -1.59. The highest BCUT2D eigenvalue weighted by Gasteiger charge is 2.27. The van der Waals surface area contributed by atoms with E-state index in [9.17, 15) is 14.4 Å². The minimum Gasteiger partial charge on any atom is -0.467 e. The summed E-state index contributed by atoms with van der Waals surface area (Å²) in [7, 11) is 1.29.